The molecule has 1 heterocycles. The van der Waals surface area contributed by atoms with Gasteiger partial charge in [-0.2, -0.15) is 0 Å². The maximum atomic E-state index is 12.0. The second kappa shape index (κ2) is 3.78. The van der Waals surface area contributed by atoms with Gasteiger partial charge in [0, 0.05) is 6.20 Å². The summed E-state index contributed by atoms with van der Waals surface area (Å²) >= 11 is 5.46. The highest BCUT2D eigenvalue weighted by molar-refractivity contribution is 6.29. The fourth-order valence-corrected chi connectivity index (χ4v) is 0.842. The van der Waals surface area contributed by atoms with Crippen LogP contribution in [-0.4, -0.2) is 11.4 Å². The molecule has 12 heavy (non-hydrogen) atoms. The lowest BCUT2D eigenvalue weighted by Gasteiger charge is -2.09. The maximum absolute atomic E-state index is 12.0. The Bertz CT molecular complexity index is 250. The average Bonchev–Trinajstić information content (AvgIpc) is 2.04. The van der Waals surface area contributed by atoms with Gasteiger partial charge in [0.25, 0.3) is 6.43 Å². The molecule has 2 N–H and O–H groups in total. The second-order valence-corrected chi connectivity index (χ2v) is 2.66. The molecule has 1 atom stereocenters. The Labute approximate surface area is 73.4 Å². The van der Waals surface area contributed by atoms with Gasteiger partial charge in [-0.15, -0.1) is 0 Å². The number of aromatic nitrogens is 1. The average molecular weight is 193 g/mol. The lowest BCUT2D eigenvalue weighted by Crippen LogP contribution is -2.18. The van der Waals surface area contributed by atoms with Gasteiger partial charge in [0.2, 0.25) is 0 Å². The molecule has 0 radical (unpaired) electrons. The van der Waals surface area contributed by atoms with Gasteiger partial charge in [0.05, 0.1) is 6.04 Å². The first-order valence-electron chi connectivity index (χ1n) is 3.26. The zero-order valence-corrected chi connectivity index (χ0v) is 6.80. The van der Waals surface area contributed by atoms with Gasteiger partial charge in [0.1, 0.15) is 5.15 Å². The van der Waals surface area contributed by atoms with Crippen LogP contribution in [0.1, 0.15) is 11.6 Å². The van der Waals surface area contributed by atoms with Gasteiger partial charge in [-0.05, 0) is 11.6 Å². The van der Waals surface area contributed by atoms with Crippen LogP contribution in [-0.2, 0) is 0 Å². The summed E-state index contributed by atoms with van der Waals surface area (Å²) in [4.78, 5) is 3.63. The molecule has 0 spiro atoms. The smallest absolute Gasteiger partial charge is 0.257 e. The lowest BCUT2D eigenvalue weighted by atomic mass is 10.1. The van der Waals surface area contributed by atoms with Crippen LogP contribution < -0.4 is 5.73 Å². The lowest BCUT2D eigenvalue weighted by molar-refractivity contribution is 0.116. The van der Waals surface area contributed by atoms with Crippen LogP contribution in [0, 0.1) is 0 Å². The standard InChI is InChI=1S/C7H7ClF2N2/c8-5-2-1-4(3-12-5)6(11)7(9)10/h1-3,6-7H,11H2/t6-/m1/s1. The molecule has 0 aliphatic carbocycles. The number of pyridine rings is 1. The van der Waals surface area contributed by atoms with Crippen molar-refractivity contribution in [3.05, 3.63) is 29.0 Å². The van der Waals surface area contributed by atoms with Crippen LogP contribution in [0.25, 0.3) is 0 Å². The summed E-state index contributed by atoms with van der Waals surface area (Å²) in [7, 11) is 0. The molecule has 0 saturated carbocycles. The Morgan fingerprint density at radius 2 is 2.08 bits per heavy atom. The number of hydrogen-bond donors (Lipinski definition) is 1. The number of halogens is 3. The van der Waals surface area contributed by atoms with Crippen molar-refractivity contribution in [1.29, 1.82) is 0 Å². The third kappa shape index (κ3) is 2.12. The Morgan fingerprint density at radius 3 is 2.50 bits per heavy atom. The van der Waals surface area contributed by atoms with Gasteiger partial charge < -0.3 is 5.73 Å². The maximum Gasteiger partial charge on any atom is 0.257 e. The predicted molar refractivity (Wildman–Crippen MR) is 42.2 cm³/mol. The van der Waals surface area contributed by atoms with E-state index in [9.17, 15) is 8.78 Å². The minimum Gasteiger partial charge on any atom is -0.319 e. The molecule has 66 valence electrons. The summed E-state index contributed by atoms with van der Waals surface area (Å²) < 4.78 is 24.1. The summed E-state index contributed by atoms with van der Waals surface area (Å²) in [5, 5.41) is 0.264. The van der Waals surface area contributed by atoms with E-state index in [1.54, 1.807) is 0 Å². The van der Waals surface area contributed by atoms with E-state index in [-0.39, 0.29) is 10.7 Å². The van der Waals surface area contributed by atoms with E-state index in [1.807, 2.05) is 0 Å². The molecule has 0 bridgehead atoms. The van der Waals surface area contributed by atoms with E-state index in [4.69, 9.17) is 17.3 Å². The van der Waals surface area contributed by atoms with Crippen molar-refractivity contribution in [2.75, 3.05) is 0 Å². The number of nitrogens with zero attached hydrogens (tertiary/aromatic N) is 1. The molecule has 0 aromatic carbocycles. The zero-order valence-electron chi connectivity index (χ0n) is 6.05. The summed E-state index contributed by atoms with van der Waals surface area (Å²) in [6, 6.07) is 1.58. The van der Waals surface area contributed by atoms with Crippen molar-refractivity contribution in [2.24, 2.45) is 5.73 Å². The molecule has 1 rings (SSSR count). The second-order valence-electron chi connectivity index (χ2n) is 2.27. The Kier molecular flexibility index (Phi) is 2.94. The van der Waals surface area contributed by atoms with Crippen molar-refractivity contribution < 1.29 is 8.78 Å². The van der Waals surface area contributed by atoms with E-state index in [0.717, 1.165) is 0 Å². The summed E-state index contributed by atoms with van der Waals surface area (Å²) in [6.07, 6.45) is -1.33. The minimum absolute atomic E-state index is 0.264. The fourth-order valence-electron chi connectivity index (χ4n) is 0.730. The highest BCUT2D eigenvalue weighted by Gasteiger charge is 2.17. The quantitative estimate of drug-likeness (QED) is 0.728. The van der Waals surface area contributed by atoms with Gasteiger partial charge >= 0.3 is 0 Å². The van der Waals surface area contributed by atoms with Crippen molar-refractivity contribution in [3.8, 4) is 0 Å². The Morgan fingerprint density at radius 1 is 1.42 bits per heavy atom. The zero-order chi connectivity index (χ0) is 9.14. The highest BCUT2D eigenvalue weighted by Crippen LogP contribution is 2.17. The molecule has 1 aromatic heterocycles. The number of alkyl halides is 2. The number of hydrogen-bond acceptors (Lipinski definition) is 2. The summed E-state index contributed by atoms with van der Waals surface area (Å²) in [5.74, 6) is 0. The Balaban J connectivity index is 2.82. The van der Waals surface area contributed by atoms with Crippen molar-refractivity contribution in [2.45, 2.75) is 12.5 Å². The van der Waals surface area contributed by atoms with Crippen molar-refractivity contribution >= 4 is 11.6 Å². The predicted octanol–water partition coefficient (Wildman–Crippen LogP) is 2.00. The molecule has 0 saturated heterocycles. The molecule has 1 aromatic rings. The minimum atomic E-state index is -2.58. The third-order valence-electron chi connectivity index (χ3n) is 1.41. The largest absolute Gasteiger partial charge is 0.319 e. The molecule has 0 amide bonds. The van der Waals surface area contributed by atoms with E-state index in [2.05, 4.69) is 4.98 Å². The topological polar surface area (TPSA) is 38.9 Å². The Hall–Kier alpha value is -0.740. The first-order chi connectivity index (χ1) is 5.61. The van der Waals surface area contributed by atoms with Crippen LogP contribution in [0.2, 0.25) is 5.15 Å². The van der Waals surface area contributed by atoms with Crippen LogP contribution in [0.5, 0.6) is 0 Å². The van der Waals surface area contributed by atoms with E-state index < -0.39 is 12.5 Å². The van der Waals surface area contributed by atoms with Gasteiger partial charge in [0.15, 0.2) is 0 Å². The van der Waals surface area contributed by atoms with Crippen LogP contribution >= 0.6 is 11.6 Å². The van der Waals surface area contributed by atoms with E-state index >= 15 is 0 Å². The molecular weight excluding hydrogens is 186 g/mol. The van der Waals surface area contributed by atoms with Crippen LogP contribution in [0.3, 0.4) is 0 Å². The molecule has 0 aliphatic rings. The first-order valence-corrected chi connectivity index (χ1v) is 3.64. The van der Waals surface area contributed by atoms with Crippen molar-refractivity contribution in [1.82, 2.24) is 4.98 Å². The van der Waals surface area contributed by atoms with Gasteiger partial charge in [-0.3, -0.25) is 0 Å². The van der Waals surface area contributed by atoms with Crippen molar-refractivity contribution in [3.63, 3.8) is 0 Å². The van der Waals surface area contributed by atoms with E-state index in [1.165, 1.54) is 18.3 Å². The monoisotopic (exact) mass is 192 g/mol. The molecule has 2 nitrogen and oxygen atoms in total. The molecule has 0 fully saturated rings. The normalized spacial score (nSPS) is 13.4. The van der Waals surface area contributed by atoms with E-state index in [0.29, 0.717) is 0 Å². The summed E-state index contributed by atoms with van der Waals surface area (Å²) in [5.41, 5.74) is 5.44. The van der Waals surface area contributed by atoms with Gasteiger partial charge in [-0.1, -0.05) is 17.7 Å². The molecular formula is C7H7ClF2N2. The third-order valence-corrected chi connectivity index (χ3v) is 1.63. The first kappa shape index (κ1) is 9.35. The fraction of sp³-hybridized carbons (Fsp3) is 0.286. The van der Waals surface area contributed by atoms with Gasteiger partial charge in [-0.25, -0.2) is 13.8 Å². The number of nitrogens with two attached hydrogens (primary N) is 1. The van der Waals surface area contributed by atoms with Crippen LogP contribution in [0.15, 0.2) is 18.3 Å². The molecule has 5 heteroatoms. The number of rotatable bonds is 2. The molecule has 0 unspecified atom stereocenters. The van der Waals surface area contributed by atoms with Crippen LogP contribution in [0.4, 0.5) is 8.78 Å². The summed E-state index contributed by atoms with van der Waals surface area (Å²) in [6.45, 7) is 0. The SMILES string of the molecule is N[C@H](c1ccc(Cl)nc1)C(F)F. The molecule has 0 aliphatic heterocycles. The highest BCUT2D eigenvalue weighted by atomic mass is 35.5.